The van der Waals surface area contributed by atoms with E-state index in [1.807, 2.05) is 47.0 Å². The van der Waals surface area contributed by atoms with E-state index < -0.39 is 233 Å². The van der Waals surface area contributed by atoms with E-state index in [-0.39, 0.29) is 71.4 Å². The van der Waals surface area contributed by atoms with Crippen LogP contribution >= 0.6 is 0 Å². The van der Waals surface area contributed by atoms with Gasteiger partial charge >= 0.3 is 0 Å². The number of ether oxygens (including phenoxy) is 1. The monoisotopic (exact) mass is 1370 g/mol. The van der Waals surface area contributed by atoms with Gasteiger partial charge in [0.1, 0.15) is 5.82 Å². The molecule has 6 heteroatoms. The van der Waals surface area contributed by atoms with E-state index in [9.17, 15) is 21.9 Å². The number of nitrogens with zero attached hydrogens (tertiary/aromatic N) is 4. The fourth-order valence-corrected chi connectivity index (χ4v) is 11.4. The largest absolute Gasteiger partial charge is 0.510 e. The van der Waals surface area contributed by atoms with Crippen LogP contribution in [0.1, 0.15) is 155 Å². The zero-order chi connectivity index (χ0) is 89.9. The number of hydrogen-bond donors (Lipinski definition) is 0. The second-order valence-electron chi connectivity index (χ2n) is 24.0. The van der Waals surface area contributed by atoms with Gasteiger partial charge in [0, 0.05) is 69.0 Å². The third kappa shape index (κ3) is 10.8. The Labute approximate surface area is 587 Å². The Morgan fingerprint density at radius 2 is 1.20 bits per heavy atom. The Morgan fingerprint density at radius 3 is 1.89 bits per heavy atom. The van der Waals surface area contributed by atoms with Gasteiger partial charge in [-0.2, -0.15) is 18.2 Å². The average Bonchev–Trinajstić information content (AvgIpc) is 1.48. The molecule has 5 nitrogen and oxygen atoms in total. The number of aryl methyl sites for hydroxylation is 2. The number of fused-ring (bicyclic) bond motifs is 5. The molecule has 0 radical (unpaired) electrons. The van der Waals surface area contributed by atoms with Crippen LogP contribution in [0.15, 0.2) is 218 Å². The number of hydrogen-bond acceptors (Lipinski definition) is 2. The summed E-state index contributed by atoms with van der Waals surface area (Å²) < 4.78 is 328. The van der Waals surface area contributed by atoms with Gasteiger partial charge in [0.25, 0.3) is 6.33 Å². The van der Waals surface area contributed by atoms with Crippen LogP contribution in [-0.4, -0.2) is 14.1 Å². The van der Waals surface area contributed by atoms with Crippen molar-refractivity contribution in [3.8, 4) is 84.3 Å². The quantitative estimate of drug-likeness (QED) is 0.101. The molecule has 0 aliphatic heterocycles. The molecule has 3 aromatic heterocycles. The first-order valence-electron chi connectivity index (χ1n) is 45.2. The SMILES string of the molecule is [2H]c1c([2H])c([2H])c(-c2c([2H])c(-c3cc(C(C)(C)C)cc(-c4c([2H])c([2H])c5c(c4[2H])C(C([2H])([2H])[2H])(C([2H])([2H])[2H])CC5(C([2H])([2H])[2H])C([2H])([2H])[2H])c3-[n+]3[c-]n(-c4[c-]c(Oc5[c-]c6c(cc5)c5ccccc5n6-c5cc(C(C)(C)C)ccn5)ccc4)c4cc(-c5c(C([2H])([2H])[2H])cccc5C([2H])([2H])[2H])ccc43)c([2H])c(-c3c([2H])c([2H])c([2H])c([2H])c3[2H])c2[2H])c([2H])c1[2H].[Pt]. The van der Waals surface area contributed by atoms with Gasteiger partial charge in [-0.3, -0.25) is 4.57 Å². The molecule has 0 spiro atoms. The molecule has 1 aliphatic rings. The summed E-state index contributed by atoms with van der Waals surface area (Å²) in [5.41, 5.74) is -18.3. The maximum absolute atomic E-state index is 10.7. The predicted octanol–water partition coefficient (Wildman–Crippen LogP) is 21.1. The Kier molecular flexibility index (Phi) is 7.90. The molecule has 3 heterocycles. The molecule has 444 valence electrons. The number of pyridine rings is 1. The van der Waals surface area contributed by atoms with Crippen molar-refractivity contribution in [2.45, 2.75) is 111 Å². The van der Waals surface area contributed by atoms with Gasteiger partial charge in [-0.15, -0.1) is 29.7 Å². The van der Waals surface area contributed by atoms with Crippen LogP contribution in [0.25, 0.3) is 106 Å². The third-order valence-electron chi connectivity index (χ3n) is 15.8. The Hall–Kier alpha value is -8.89. The number of aromatic nitrogens is 4. The molecular formula is C83H74N4OPt-2. The van der Waals surface area contributed by atoms with E-state index in [4.69, 9.17) is 34.4 Å². The summed E-state index contributed by atoms with van der Waals surface area (Å²) in [4.78, 5) is 4.80. The van der Waals surface area contributed by atoms with Crippen molar-refractivity contribution in [1.29, 1.82) is 0 Å². The molecular weight excluding hydrogens is 1260 g/mol. The molecule has 0 atom stereocenters. The van der Waals surface area contributed by atoms with Crippen molar-refractivity contribution in [2.24, 2.45) is 0 Å². The molecule has 10 aromatic carbocycles. The molecule has 14 rings (SSSR count). The minimum atomic E-state index is -4.03. The Morgan fingerprint density at radius 1 is 0.551 bits per heavy atom. The van der Waals surface area contributed by atoms with Crippen LogP contribution < -0.4 is 9.30 Å². The van der Waals surface area contributed by atoms with Crippen molar-refractivity contribution in [1.82, 2.24) is 14.1 Å². The van der Waals surface area contributed by atoms with Gasteiger partial charge in [-0.05, 0) is 184 Å². The van der Waals surface area contributed by atoms with Crippen molar-refractivity contribution >= 4 is 32.8 Å². The third-order valence-corrected chi connectivity index (χ3v) is 15.8. The van der Waals surface area contributed by atoms with Gasteiger partial charge < -0.3 is 13.9 Å². The van der Waals surface area contributed by atoms with Gasteiger partial charge in [0.2, 0.25) is 0 Å². The zero-order valence-corrected chi connectivity index (χ0v) is 51.0. The van der Waals surface area contributed by atoms with Gasteiger partial charge in [-0.1, -0.05) is 214 Å². The van der Waals surface area contributed by atoms with Crippen LogP contribution in [0, 0.1) is 32.2 Å². The normalized spacial score (nSPS) is 20.0. The number of benzene rings is 10. The minimum absolute atomic E-state index is 0. The molecule has 0 unspecified atom stereocenters. The summed E-state index contributed by atoms with van der Waals surface area (Å²) in [5.74, 6) is 0.656. The molecule has 0 saturated heterocycles. The second kappa shape index (κ2) is 22.3. The van der Waals surface area contributed by atoms with E-state index in [0.29, 0.717) is 11.3 Å². The first kappa shape index (κ1) is 31.5. The van der Waals surface area contributed by atoms with Crippen LogP contribution in [0.4, 0.5) is 0 Å². The van der Waals surface area contributed by atoms with E-state index in [0.717, 1.165) is 26.4 Å². The standard InChI is InChI=1S/C83H74N4O.Pt/c1-53-23-21-24-54(2)78(53)58-34-38-74-76(45-58)85(64-29-22-30-65(49-64)88-66-35-36-68-67-31-19-20-32-73(67)87(75(68)50-66)77-48-62(39-40-84-77)80(3,4)5)52-86(74)79-69(57-33-37-71-72(44-57)83(11,12)51-82(71,9)10)46-63(81(6,7)8)47-70(79)61-42-59(55-25-15-13-16-26-55)41-60(43-61)56-27-17-14-18-28-56;/h13-48H,51H2,1-12H3;/q-2;/i1D3,2D3,9D3,10D3,11D3,12D3,13D,14D,15D,16D,17D,18D,25D,26D,27D,28D,33D,37D,41D,42D,43D,44D;. The van der Waals surface area contributed by atoms with Crippen molar-refractivity contribution in [3.05, 3.63) is 270 Å². The summed E-state index contributed by atoms with van der Waals surface area (Å²) >= 11 is 0. The maximum atomic E-state index is 10.7. The minimum Gasteiger partial charge on any atom is -0.510 e. The van der Waals surface area contributed by atoms with Gasteiger partial charge in [-0.25, -0.2) is 4.98 Å². The summed E-state index contributed by atoms with van der Waals surface area (Å²) in [6.45, 7) is -11.0. The van der Waals surface area contributed by atoms with E-state index in [2.05, 4.69) is 39.2 Å². The number of imidazole rings is 1. The van der Waals surface area contributed by atoms with E-state index >= 15 is 0 Å². The molecule has 1 aliphatic carbocycles. The van der Waals surface area contributed by atoms with Crippen LogP contribution in [0.2, 0.25) is 0 Å². The Bertz CT molecular complexity index is 6390. The van der Waals surface area contributed by atoms with Crippen LogP contribution in [0.5, 0.6) is 11.5 Å². The zero-order valence-electron chi connectivity index (χ0n) is 82.8. The second-order valence-corrected chi connectivity index (χ2v) is 24.0. The van der Waals surface area contributed by atoms with Crippen LogP contribution in [0.3, 0.4) is 0 Å². The smallest absolute Gasteiger partial charge is 0.268 e. The van der Waals surface area contributed by atoms with Crippen LogP contribution in [-0.2, 0) is 42.7 Å². The summed E-state index contributed by atoms with van der Waals surface area (Å²) in [6, 6.07) is 19.0. The maximum Gasteiger partial charge on any atom is 0.268 e. The first-order chi connectivity index (χ1) is 56.3. The molecule has 0 amide bonds. The first-order valence-corrected chi connectivity index (χ1v) is 28.2. The molecule has 0 fully saturated rings. The van der Waals surface area contributed by atoms with Gasteiger partial charge in [0.15, 0.2) is 0 Å². The van der Waals surface area contributed by atoms with Crippen molar-refractivity contribution < 1.29 is 77.0 Å². The fourth-order valence-electron chi connectivity index (χ4n) is 11.4. The van der Waals surface area contributed by atoms with Gasteiger partial charge in [0.05, 0.1) is 38.7 Å². The molecule has 0 saturated carbocycles. The molecule has 0 bridgehead atoms. The summed E-state index contributed by atoms with van der Waals surface area (Å²) in [7, 11) is 0. The van der Waals surface area contributed by atoms with Crippen molar-refractivity contribution in [2.75, 3.05) is 0 Å². The van der Waals surface area contributed by atoms with Crippen molar-refractivity contribution in [3.63, 3.8) is 0 Å². The fraction of sp³-hybridized carbons (Fsp3) is 0.205. The average molecular weight is 1370 g/mol. The molecule has 13 aromatic rings. The predicted molar refractivity (Wildman–Crippen MR) is 365 cm³/mol. The summed E-state index contributed by atoms with van der Waals surface area (Å²) in [5, 5.41) is 1.62. The molecule has 89 heavy (non-hydrogen) atoms. The molecule has 0 N–H and O–H groups in total. The number of para-hydroxylation sites is 1. The Balaban J connectivity index is 0.0000130. The van der Waals surface area contributed by atoms with E-state index in [1.165, 1.54) is 71.3 Å². The summed E-state index contributed by atoms with van der Waals surface area (Å²) in [6.07, 6.45) is 3.16. The topological polar surface area (TPSA) is 35.9 Å². The van der Waals surface area contributed by atoms with E-state index in [1.54, 1.807) is 33.0 Å². The number of rotatable bonds is 10.